The van der Waals surface area contributed by atoms with Crippen LogP contribution < -0.4 is 16.6 Å². The van der Waals surface area contributed by atoms with Crippen LogP contribution in [-0.2, 0) is 0 Å². The number of thiophene rings is 1. The van der Waals surface area contributed by atoms with Gasteiger partial charge >= 0.3 is 0 Å². The minimum absolute atomic E-state index is 0.443. The van der Waals surface area contributed by atoms with Crippen LogP contribution in [0.25, 0.3) is 10.2 Å². The Labute approximate surface area is 123 Å². The molecule has 108 valence electrons. The van der Waals surface area contributed by atoms with Crippen molar-refractivity contribution in [3.8, 4) is 0 Å². The number of rotatable bonds is 5. The summed E-state index contributed by atoms with van der Waals surface area (Å²) in [4.78, 5) is 11.1. The first kappa shape index (κ1) is 13.6. The van der Waals surface area contributed by atoms with E-state index in [1.807, 2.05) is 0 Å². The van der Waals surface area contributed by atoms with Crippen LogP contribution in [0.15, 0.2) is 6.07 Å². The fraction of sp³-hybridized carbons (Fsp3) is 0.571. The Bertz CT molecular complexity index is 630. The van der Waals surface area contributed by atoms with Crippen molar-refractivity contribution in [2.75, 3.05) is 17.3 Å². The van der Waals surface area contributed by atoms with Gasteiger partial charge in [0.25, 0.3) is 0 Å². The SMILES string of the molecule is Cc1cc2c(NCC3(C(C)C)CC3)nc(NN)nc2s1. The molecule has 0 saturated heterocycles. The minimum Gasteiger partial charge on any atom is -0.369 e. The van der Waals surface area contributed by atoms with Crippen LogP contribution in [-0.4, -0.2) is 16.5 Å². The number of nitrogens with one attached hydrogen (secondary N) is 2. The van der Waals surface area contributed by atoms with Crippen molar-refractivity contribution in [3.05, 3.63) is 10.9 Å². The van der Waals surface area contributed by atoms with Gasteiger partial charge in [-0.3, -0.25) is 5.43 Å². The molecule has 0 aliphatic heterocycles. The zero-order valence-electron chi connectivity index (χ0n) is 12.2. The fourth-order valence-electron chi connectivity index (χ4n) is 2.62. The van der Waals surface area contributed by atoms with Crippen molar-refractivity contribution in [1.82, 2.24) is 9.97 Å². The summed E-state index contributed by atoms with van der Waals surface area (Å²) in [5, 5.41) is 4.61. The summed E-state index contributed by atoms with van der Waals surface area (Å²) in [6.07, 6.45) is 2.60. The third kappa shape index (κ3) is 2.33. The number of hydrogen-bond donors (Lipinski definition) is 3. The monoisotopic (exact) mass is 291 g/mol. The molecule has 0 radical (unpaired) electrons. The highest BCUT2D eigenvalue weighted by atomic mass is 32.1. The summed E-state index contributed by atoms with van der Waals surface area (Å²) in [7, 11) is 0. The van der Waals surface area contributed by atoms with E-state index in [9.17, 15) is 0 Å². The number of hydrazine groups is 1. The summed E-state index contributed by atoms with van der Waals surface area (Å²) < 4.78 is 0. The van der Waals surface area contributed by atoms with Crippen molar-refractivity contribution in [2.24, 2.45) is 17.2 Å². The first-order valence-electron chi connectivity index (χ1n) is 7.03. The summed E-state index contributed by atoms with van der Waals surface area (Å²) in [6.45, 7) is 7.65. The molecule has 0 atom stereocenters. The first-order chi connectivity index (χ1) is 9.54. The molecule has 0 spiro atoms. The van der Waals surface area contributed by atoms with Crippen LogP contribution in [0.3, 0.4) is 0 Å². The van der Waals surface area contributed by atoms with E-state index in [0.717, 1.165) is 22.6 Å². The Hall–Kier alpha value is -1.40. The lowest BCUT2D eigenvalue weighted by atomic mass is 9.92. The second-order valence-corrected chi connectivity index (χ2v) is 7.22. The van der Waals surface area contributed by atoms with Gasteiger partial charge in [-0.25, -0.2) is 10.8 Å². The Morgan fingerprint density at radius 2 is 2.15 bits per heavy atom. The lowest BCUT2D eigenvalue weighted by molar-refractivity contribution is 0.380. The van der Waals surface area contributed by atoms with Gasteiger partial charge in [0.15, 0.2) is 0 Å². The predicted molar refractivity (Wildman–Crippen MR) is 85.0 cm³/mol. The van der Waals surface area contributed by atoms with Gasteiger partial charge in [0.2, 0.25) is 5.95 Å². The molecule has 1 saturated carbocycles. The topological polar surface area (TPSA) is 75.9 Å². The average molecular weight is 291 g/mol. The molecule has 6 heteroatoms. The first-order valence-corrected chi connectivity index (χ1v) is 7.84. The van der Waals surface area contributed by atoms with E-state index < -0.39 is 0 Å². The molecule has 1 fully saturated rings. The van der Waals surface area contributed by atoms with Gasteiger partial charge in [0, 0.05) is 11.4 Å². The Balaban J connectivity index is 1.90. The maximum atomic E-state index is 5.46. The lowest BCUT2D eigenvalue weighted by Gasteiger charge is -2.20. The van der Waals surface area contributed by atoms with E-state index in [2.05, 4.69) is 47.5 Å². The molecular formula is C14H21N5S. The molecule has 0 amide bonds. The third-order valence-electron chi connectivity index (χ3n) is 4.37. The predicted octanol–water partition coefficient (Wildman–Crippen LogP) is 3.13. The molecule has 20 heavy (non-hydrogen) atoms. The average Bonchev–Trinajstić information content (AvgIpc) is 3.11. The number of anilines is 2. The number of aromatic nitrogens is 2. The van der Waals surface area contributed by atoms with E-state index in [0.29, 0.717) is 17.3 Å². The van der Waals surface area contributed by atoms with E-state index in [4.69, 9.17) is 5.84 Å². The standard InChI is InChI=1S/C14H21N5S/c1-8(2)14(4-5-14)7-16-11-10-6-9(3)20-12(10)18-13(17-11)19-15/h6,8H,4-5,7,15H2,1-3H3,(H2,16,17,18,19). The summed E-state index contributed by atoms with van der Waals surface area (Å²) in [5.41, 5.74) is 2.99. The van der Waals surface area contributed by atoms with E-state index >= 15 is 0 Å². The zero-order chi connectivity index (χ0) is 14.3. The minimum atomic E-state index is 0.443. The molecule has 1 aliphatic rings. The second kappa shape index (κ2) is 4.86. The molecule has 1 aliphatic carbocycles. The number of nitrogen functional groups attached to an aromatic ring is 1. The Morgan fingerprint density at radius 3 is 2.75 bits per heavy atom. The van der Waals surface area contributed by atoms with Crippen LogP contribution in [0.4, 0.5) is 11.8 Å². The fourth-order valence-corrected chi connectivity index (χ4v) is 3.50. The maximum absolute atomic E-state index is 5.46. The highest BCUT2D eigenvalue weighted by Crippen LogP contribution is 2.51. The number of nitrogens with two attached hydrogens (primary N) is 1. The molecule has 2 aromatic heterocycles. The normalized spacial score (nSPS) is 16.6. The quantitative estimate of drug-likeness (QED) is 0.583. The van der Waals surface area contributed by atoms with Crippen molar-refractivity contribution in [3.63, 3.8) is 0 Å². The zero-order valence-corrected chi connectivity index (χ0v) is 13.0. The molecule has 0 bridgehead atoms. The van der Waals surface area contributed by atoms with Crippen LogP contribution in [0.2, 0.25) is 0 Å². The van der Waals surface area contributed by atoms with E-state index in [1.54, 1.807) is 11.3 Å². The summed E-state index contributed by atoms with van der Waals surface area (Å²) >= 11 is 1.66. The van der Waals surface area contributed by atoms with Crippen LogP contribution in [0, 0.1) is 18.3 Å². The van der Waals surface area contributed by atoms with Gasteiger partial charge in [-0.2, -0.15) is 4.98 Å². The summed E-state index contributed by atoms with van der Waals surface area (Å²) in [6, 6.07) is 2.14. The van der Waals surface area contributed by atoms with Crippen molar-refractivity contribution in [1.29, 1.82) is 0 Å². The maximum Gasteiger partial charge on any atom is 0.240 e. The molecule has 4 N–H and O–H groups in total. The largest absolute Gasteiger partial charge is 0.369 e. The molecule has 0 unspecified atom stereocenters. The van der Waals surface area contributed by atoms with Crippen LogP contribution >= 0.6 is 11.3 Å². The highest BCUT2D eigenvalue weighted by Gasteiger charge is 2.45. The van der Waals surface area contributed by atoms with E-state index in [-0.39, 0.29) is 0 Å². The van der Waals surface area contributed by atoms with Crippen LogP contribution in [0.5, 0.6) is 0 Å². The Morgan fingerprint density at radius 1 is 1.40 bits per heavy atom. The third-order valence-corrected chi connectivity index (χ3v) is 5.31. The molecule has 3 rings (SSSR count). The number of hydrogen-bond acceptors (Lipinski definition) is 6. The number of fused-ring (bicyclic) bond motifs is 1. The Kier molecular flexibility index (Phi) is 3.30. The van der Waals surface area contributed by atoms with Crippen molar-refractivity contribution in [2.45, 2.75) is 33.6 Å². The van der Waals surface area contributed by atoms with Gasteiger partial charge in [-0.15, -0.1) is 11.3 Å². The summed E-state index contributed by atoms with van der Waals surface area (Å²) in [5.74, 6) is 7.52. The lowest BCUT2D eigenvalue weighted by Crippen LogP contribution is -2.22. The van der Waals surface area contributed by atoms with Gasteiger partial charge in [0.05, 0.1) is 5.39 Å². The molecular weight excluding hydrogens is 270 g/mol. The molecule has 2 heterocycles. The molecule has 0 aromatic carbocycles. The van der Waals surface area contributed by atoms with Crippen molar-refractivity contribution >= 4 is 33.3 Å². The number of aryl methyl sites for hydroxylation is 1. The van der Waals surface area contributed by atoms with Crippen LogP contribution in [0.1, 0.15) is 31.6 Å². The number of nitrogens with zero attached hydrogens (tertiary/aromatic N) is 2. The molecule has 5 nitrogen and oxygen atoms in total. The smallest absolute Gasteiger partial charge is 0.240 e. The second-order valence-electron chi connectivity index (χ2n) is 5.99. The van der Waals surface area contributed by atoms with Gasteiger partial charge < -0.3 is 5.32 Å². The molecule has 2 aromatic rings. The van der Waals surface area contributed by atoms with Gasteiger partial charge in [-0.05, 0) is 37.2 Å². The van der Waals surface area contributed by atoms with Gasteiger partial charge in [0.1, 0.15) is 10.6 Å². The van der Waals surface area contributed by atoms with Gasteiger partial charge in [-0.1, -0.05) is 13.8 Å². The van der Waals surface area contributed by atoms with Crippen molar-refractivity contribution < 1.29 is 0 Å². The van der Waals surface area contributed by atoms with E-state index in [1.165, 1.54) is 17.7 Å². The highest BCUT2D eigenvalue weighted by molar-refractivity contribution is 7.18.